The van der Waals surface area contributed by atoms with Gasteiger partial charge >= 0.3 is 0 Å². The molecule has 0 radical (unpaired) electrons. The Hall–Kier alpha value is -1.82. The average Bonchev–Trinajstić information content (AvgIpc) is 2.96. The number of hydrogen-bond acceptors (Lipinski definition) is 6. The van der Waals surface area contributed by atoms with Crippen LogP contribution in [0.4, 0.5) is 11.6 Å². The van der Waals surface area contributed by atoms with Gasteiger partial charge in [0, 0.05) is 11.4 Å². The number of rotatable bonds is 7. The molecule has 0 saturated carbocycles. The predicted molar refractivity (Wildman–Crippen MR) is 79.0 cm³/mol. The standard InChI is InChI=1S/C13H18N4OS/c1-3-6-14-12-11(18-2)13(17-9-16-12)15-8-10-5-4-7-19-10/h4-5,7,9H,3,6,8H2,1-2H3,(H2,14,15,16,17). The molecule has 2 aromatic rings. The first-order chi connectivity index (χ1) is 9.35. The van der Waals surface area contributed by atoms with Gasteiger partial charge in [-0.3, -0.25) is 0 Å². The van der Waals surface area contributed by atoms with E-state index in [1.165, 1.54) is 11.2 Å². The van der Waals surface area contributed by atoms with Crippen LogP contribution in [0.3, 0.4) is 0 Å². The molecule has 19 heavy (non-hydrogen) atoms. The molecule has 2 heterocycles. The van der Waals surface area contributed by atoms with Gasteiger partial charge in [0.2, 0.25) is 5.75 Å². The molecule has 0 aromatic carbocycles. The first kappa shape index (κ1) is 13.6. The second-order valence-corrected chi connectivity index (χ2v) is 5.00. The van der Waals surface area contributed by atoms with E-state index in [4.69, 9.17) is 4.74 Å². The zero-order chi connectivity index (χ0) is 13.5. The molecule has 0 unspecified atom stereocenters. The van der Waals surface area contributed by atoms with Gasteiger partial charge in [0.25, 0.3) is 0 Å². The second-order valence-electron chi connectivity index (χ2n) is 3.96. The van der Waals surface area contributed by atoms with Gasteiger partial charge in [0.1, 0.15) is 6.33 Å². The van der Waals surface area contributed by atoms with Crippen molar-refractivity contribution in [2.45, 2.75) is 19.9 Å². The van der Waals surface area contributed by atoms with Crippen LogP contribution < -0.4 is 15.4 Å². The van der Waals surface area contributed by atoms with Crippen LogP contribution >= 0.6 is 11.3 Å². The van der Waals surface area contributed by atoms with Crippen molar-refractivity contribution < 1.29 is 4.74 Å². The minimum absolute atomic E-state index is 0.660. The van der Waals surface area contributed by atoms with Crippen molar-refractivity contribution >= 4 is 23.0 Å². The highest BCUT2D eigenvalue weighted by atomic mass is 32.1. The molecule has 2 N–H and O–H groups in total. The number of anilines is 2. The molecule has 0 fully saturated rings. The molecule has 2 rings (SSSR count). The molecular formula is C13H18N4OS. The van der Waals surface area contributed by atoms with Crippen LogP contribution in [-0.4, -0.2) is 23.6 Å². The SMILES string of the molecule is CCCNc1ncnc(NCc2cccs2)c1OC. The lowest BCUT2D eigenvalue weighted by atomic mass is 10.4. The largest absolute Gasteiger partial charge is 0.490 e. The van der Waals surface area contributed by atoms with E-state index < -0.39 is 0 Å². The van der Waals surface area contributed by atoms with E-state index in [1.54, 1.807) is 18.4 Å². The molecule has 6 heteroatoms. The summed E-state index contributed by atoms with van der Waals surface area (Å²) in [5.74, 6) is 2.10. The molecule has 2 aromatic heterocycles. The summed E-state index contributed by atoms with van der Waals surface area (Å²) in [5, 5.41) is 8.57. The molecule has 0 atom stereocenters. The Morgan fingerprint density at radius 2 is 2.05 bits per heavy atom. The van der Waals surface area contributed by atoms with E-state index >= 15 is 0 Å². The van der Waals surface area contributed by atoms with Crippen molar-refractivity contribution in [3.8, 4) is 5.75 Å². The fourth-order valence-corrected chi connectivity index (χ4v) is 2.29. The molecule has 0 spiro atoms. The van der Waals surface area contributed by atoms with Crippen LogP contribution in [0.2, 0.25) is 0 Å². The molecule has 5 nitrogen and oxygen atoms in total. The first-order valence-corrected chi connectivity index (χ1v) is 7.12. The van der Waals surface area contributed by atoms with Crippen molar-refractivity contribution in [1.29, 1.82) is 0 Å². The highest BCUT2D eigenvalue weighted by molar-refractivity contribution is 7.09. The van der Waals surface area contributed by atoms with E-state index in [0.29, 0.717) is 11.6 Å². The van der Waals surface area contributed by atoms with Crippen LogP contribution in [0.1, 0.15) is 18.2 Å². The molecule has 0 aliphatic rings. The van der Waals surface area contributed by atoms with Crippen LogP contribution in [0.5, 0.6) is 5.75 Å². The second kappa shape index (κ2) is 6.94. The molecular weight excluding hydrogens is 260 g/mol. The Morgan fingerprint density at radius 1 is 1.26 bits per heavy atom. The fourth-order valence-electron chi connectivity index (χ4n) is 1.65. The highest BCUT2D eigenvalue weighted by Crippen LogP contribution is 2.29. The smallest absolute Gasteiger partial charge is 0.204 e. The molecule has 0 aliphatic carbocycles. The summed E-state index contributed by atoms with van der Waals surface area (Å²) in [5.41, 5.74) is 0. The predicted octanol–water partition coefficient (Wildman–Crippen LogP) is 2.98. The van der Waals surface area contributed by atoms with Crippen molar-refractivity contribution in [3.05, 3.63) is 28.7 Å². The minimum atomic E-state index is 0.660. The maximum Gasteiger partial charge on any atom is 0.204 e. The molecule has 0 aliphatic heterocycles. The summed E-state index contributed by atoms with van der Waals surface area (Å²) in [6, 6.07) is 4.12. The maximum absolute atomic E-state index is 5.40. The van der Waals surface area contributed by atoms with Crippen LogP contribution in [0.25, 0.3) is 0 Å². The lowest BCUT2D eigenvalue weighted by Gasteiger charge is -2.13. The number of aromatic nitrogens is 2. The quantitative estimate of drug-likeness (QED) is 0.815. The Labute approximate surface area is 117 Å². The minimum Gasteiger partial charge on any atom is -0.490 e. The zero-order valence-corrected chi connectivity index (χ0v) is 12.0. The van der Waals surface area contributed by atoms with E-state index in [-0.39, 0.29) is 0 Å². The third kappa shape index (κ3) is 3.57. The Balaban J connectivity index is 2.10. The van der Waals surface area contributed by atoms with Gasteiger partial charge in [-0.15, -0.1) is 11.3 Å². The Bertz CT molecular complexity index is 501. The number of ether oxygens (including phenoxy) is 1. The van der Waals surface area contributed by atoms with Crippen molar-refractivity contribution in [3.63, 3.8) is 0 Å². The molecule has 0 saturated heterocycles. The number of nitrogens with one attached hydrogen (secondary N) is 2. The molecule has 102 valence electrons. The van der Waals surface area contributed by atoms with E-state index in [1.807, 2.05) is 6.07 Å². The van der Waals surface area contributed by atoms with Gasteiger partial charge < -0.3 is 15.4 Å². The van der Waals surface area contributed by atoms with Gasteiger partial charge in [0.15, 0.2) is 11.6 Å². The summed E-state index contributed by atoms with van der Waals surface area (Å²) in [6.45, 7) is 3.70. The van der Waals surface area contributed by atoms with Gasteiger partial charge in [0.05, 0.1) is 13.7 Å². The first-order valence-electron chi connectivity index (χ1n) is 6.24. The van der Waals surface area contributed by atoms with Gasteiger partial charge in [-0.25, -0.2) is 9.97 Å². The lowest BCUT2D eigenvalue weighted by molar-refractivity contribution is 0.414. The van der Waals surface area contributed by atoms with E-state index in [9.17, 15) is 0 Å². The van der Waals surface area contributed by atoms with Crippen molar-refractivity contribution in [2.75, 3.05) is 24.3 Å². The number of thiophene rings is 1. The van der Waals surface area contributed by atoms with Gasteiger partial charge in [-0.2, -0.15) is 0 Å². The van der Waals surface area contributed by atoms with E-state index in [0.717, 1.165) is 25.3 Å². The zero-order valence-electron chi connectivity index (χ0n) is 11.1. The van der Waals surface area contributed by atoms with Gasteiger partial charge in [-0.1, -0.05) is 13.0 Å². The average molecular weight is 278 g/mol. The summed E-state index contributed by atoms with van der Waals surface area (Å²) in [4.78, 5) is 9.70. The van der Waals surface area contributed by atoms with E-state index in [2.05, 4.69) is 39.0 Å². The topological polar surface area (TPSA) is 59.1 Å². The Kier molecular flexibility index (Phi) is 4.97. The van der Waals surface area contributed by atoms with Crippen molar-refractivity contribution in [2.24, 2.45) is 0 Å². The third-order valence-corrected chi connectivity index (χ3v) is 3.44. The van der Waals surface area contributed by atoms with Crippen molar-refractivity contribution in [1.82, 2.24) is 9.97 Å². The highest BCUT2D eigenvalue weighted by Gasteiger charge is 2.11. The number of nitrogens with zero attached hydrogens (tertiary/aromatic N) is 2. The monoisotopic (exact) mass is 278 g/mol. The van der Waals surface area contributed by atoms with Gasteiger partial charge in [-0.05, 0) is 17.9 Å². The lowest BCUT2D eigenvalue weighted by Crippen LogP contribution is -2.08. The number of hydrogen-bond donors (Lipinski definition) is 2. The summed E-state index contributed by atoms with van der Waals surface area (Å²) >= 11 is 1.71. The number of methoxy groups -OCH3 is 1. The summed E-state index contributed by atoms with van der Waals surface area (Å²) in [7, 11) is 1.63. The molecule has 0 amide bonds. The van der Waals surface area contributed by atoms with Crippen LogP contribution in [0, 0.1) is 0 Å². The molecule has 0 bridgehead atoms. The summed E-state index contributed by atoms with van der Waals surface area (Å²) in [6.07, 6.45) is 2.57. The van der Waals surface area contributed by atoms with Crippen LogP contribution in [-0.2, 0) is 6.54 Å². The summed E-state index contributed by atoms with van der Waals surface area (Å²) < 4.78 is 5.40. The normalized spacial score (nSPS) is 10.2. The van der Waals surface area contributed by atoms with Crippen LogP contribution in [0.15, 0.2) is 23.8 Å². The Morgan fingerprint density at radius 3 is 2.68 bits per heavy atom. The third-order valence-electron chi connectivity index (χ3n) is 2.56. The maximum atomic E-state index is 5.40. The fraction of sp³-hybridized carbons (Fsp3) is 0.385.